The molecule has 1 aliphatic heterocycles. The Labute approximate surface area is 117 Å². The van der Waals surface area contributed by atoms with Gasteiger partial charge < -0.3 is 14.5 Å². The molecule has 0 bridgehead atoms. The van der Waals surface area contributed by atoms with Crippen LogP contribution in [0.25, 0.3) is 21.8 Å². The van der Waals surface area contributed by atoms with E-state index in [2.05, 4.69) is 35.3 Å². The van der Waals surface area contributed by atoms with Gasteiger partial charge in [-0.15, -0.1) is 0 Å². The summed E-state index contributed by atoms with van der Waals surface area (Å²) < 4.78 is 11.5. The number of nitrogens with one attached hydrogen (secondary N) is 1. The third-order valence-corrected chi connectivity index (χ3v) is 3.88. The van der Waals surface area contributed by atoms with Crippen LogP contribution in [0.15, 0.2) is 42.5 Å². The van der Waals surface area contributed by atoms with Gasteiger partial charge in [-0.1, -0.05) is 18.2 Å². The van der Waals surface area contributed by atoms with Gasteiger partial charge in [-0.2, -0.15) is 0 Å². The summed E-state index contributed by atoms with van der Waals surface area (Å²) in [5, 5.41) is 2.49. The lowest BCUT2D eigenvalue weighted by molar-refractivity contribution is -0.105. The summed E-state index contributed by atoms with van der Waals surface area (Å²) >= 11 is 0. The molecule has 3 heteroatoms. The van der Waals surface area contributed by atoms with E-state index in [-0.39, 0.29) is 6.29 Å². The Bertz CT molecular complexity index is 741. The summed E-state index contributed by atoms with van der Waals surface area (Å²) in [6, 6.07) is 14.6. The molecule has 3 aromatic rings. The first-order chi connectivity index (χ1) is 9.90. The molecule has 1 aromatic heterocycles. The zero-order valence-corrected chi connectivity index (χ0v) is 11.3. The predicted molar refractivity (Wildman–Crippen MR) is 80.0 cm³/mol. The molecular formula is C17H17NO2. The van der Waals surface area contributed by atoms with Gasteiger partial charge in [0.1, 0.15) is 5.75 Å². The van der Waals surface area contributed by atoms with E-state index in [4.69, 9.17) is 9.47 Å². The molecule has 0 spiro atoms. The minimum absolute atomic E-state index is 0.0921. The standard InChI is InChI=1S/C17H17NO2/c1-2-6-15-13(5-1)14-9-8-12(11-16(14)18-15)20-17-7-3-4-10-19-17/h1-2,5-6,8-9,11,17-18H,3-4,7,10H2/t17-/m0/s1. The molecule has 20 heavy (non-hydrogen) atoms. The summed E-state index contributed by atoms with van der Waals surface area (Å²) in [5.74, 6) is 0.871. The first-order valence-corrected chi connectivity index (χ1v) is 7.19. The van der Waals surface area contributed by atoms with Gasteiger partial charge in [-0.05, 0) is 31.0 Å². The molecule has 2 aromatic carbocycles. The lowest BCUT2D eigenvalue weighted by Gasteiger charge is -2.23. The SMILES string of the molecule is c1ccc2c(c1)[nH]c1cc(O[C@H]3CCCCO3)ccc12. The maximum absolute atomic E-state index is 5.92. The van der Waals surface area contributed by atoms with Crippen molar-refractivity contribution < 1.29 is 9.47 Å². The van der Waals surface area contributed by atoms with Crippen molar-refractivity contribution in [3.05, 3.63) is 42.5 Å². The number of benzene rings is 2. The number of aromatic nitrogens is 1. The second kappa shape index (κ2) is 4.84. The number of aromatic amines is 1. The molecule has 0 aliphatic carbocycles. The zero-order chi connectivity index (χ0) is 13.4. The van der Waals surface area contributed by atoms with E-state index in [0.717, 1.165) is 36.2 Å². The largest absolute Gasteiger partial charge is 0.465 e. The molecule has 2 heterocycles. The third kappa shape index (κ3) is 2.04. The molecule has 0 radical (unpaired) electrons. The van der Waals surface area contributed by atoms with Crippen molar-refractivity contribution in [2.24, 2.45) is 0 Å². The fraction of sp³-hybridized carbons (Fsp3) is 0.294. The molecule has 0 saturated carbocycles. The average molecular weight is 267 g/mol. The summed E-state index contributed by atoms with van der Waals surface area (Å²) in [5.41, 5.74) is 2.27. The molecule has 0 unspecified atom stereocenters. The van der Waals surface area contributed by atoms with Gasteiger partial charge in [-0.25, -0.2) is 0 Å². The molecule has 1 atom stereocenters. The van der Waals surface area contributed by atoms with Gasteiger partial charge in [0.15, 0.2) is 6.29 Å². The normalized spacial score (nSPS) is 19.5. The second-order valence-corrected chi connectivity index (χ2v) is 5.29. The minimum Gasteiger partial charge on any atom is -0.465 e. The second-order valence-electron chi connectivity index (χ2n) is 5.29. The smallest absolute Gasteiger partial charge is 0.199 e. The van der Waals surface area contributed by atoms with Crippen molar-refractivity contribution in [2.75, 3.05) is 6.61 Å². The van der Waals surface area contributed by atoms with Gasteiger partial charge in [0, 0.05) is 28.8 Å². The first-order valence-electron chi connectivity index (χ1n) is 7.19. The Kier molecular flexibility index (Phi) is 2.85. The fourth-order valence-electron chi connectivity index (χ4n) is 2.86. The van der Waals surface area contributed by atoms with Gasteiger partial charge in [-0.3, -0.25) is 0 Å². The van der Waals surface area contributed by atoms with Crippen LogP contribution < -0.4 is 4.74 Å². The van der Waals surface area contributed by atoms with Crippen molar-refractivity contribution in [3.63, 3.8) is 0 Å². The van der Waals surface area contributed by atoms with Crippen LogP contribution in [0.2, 0.25) is 0 Å². The van der Waals surface area contributed by atoms with Crippen molar-refractivity contribution in [2.45, 2.75) is 25.6 Å². The number of H-pyrrole nitrogens is 1. The first kappa shape index (κ1) is 11.8. The molecule has 1 aliphatic rings. The van der Waals surface area contributed by atoms with E-state index in [9.17, 15) is 0 Å². The van der Waals surface area contributed by atoms with E-state index < -0.39 is 0 Å². The number of hydrogen-bond acceptors (Lipinski definition) is 2. The number of fused-ring (bicyclic) bond motifs is 3. The van der Waals surface area contributed by atoms with Crippen molar-refractivity contribution >= 4 is 21.8 Å². The lowest BCUT2D eigenvalue weighted by atomic mass is 10.1. The molecule has 1 N–H and O–H groups in total. The van der Waals surface area contributed by atoms with Crippen molar-refractivity contribution in [3.8, 4) is 5.75 Å². The average Bonchev–Trinajstić information content (AvgIpc) is 2.86. The topological polar surface area (TPSA) is 34.2 Å². The van der Waals surface area contributed by atoms with Crippen molar-refractivity contribution in [1.29, 1.82) is 0 Å². The highest BCUT2D eigenvalue weighted by atomic mass is 16.7. The monoisotopic (exact) mass is 267 g/mol. The molecule has 1 saturated heterocycles. The van der Waals surface area contributed by atoms with Crippen LogP contribution in [0, 0.1) is 0 Å². The van der Waals surface area contributed by atoms with Crippen LogP contribution in [-0.4, -0.2) is 17.9 Å². The molecule has 102 valence electrons. The van der Waals surface area contributed by atoms with E-state index in [0.29, 0.717) is 0 Å². The fourth-order valence-corrected chi connectivity index (χ4v) is 2.86. The lowest BCUT2D eigenvalue weighted by Crippen LogP contribution is -2.24. The third-order valence-electron chi connectivity index (χ3n) is 3.88. The van der Waals surface area contributed by atoms with E-state index in [1.807, 2.05) is 12.1 Å². The van der Waals surface area contributed by atoms with Gasteiger partial charge in [0.2, 0.25) is 0 Å². The quantitative estimate of drug-likeness (QED) is 0.754. The van der Waals surface area contributed by atoms with Crippen molar-refractivity contribution in [1.82, 2.24) is 4.98 Å². The Hall–Kier alpha value is -2.00. The molecule has 0 amide bonds. The molecular weight excluding hydrogens is 250 g/mol. The van der Waals surface area contributed by atoms with Crippen LogP contribution in [0.1, 0.15) is 19.3 Å². The Morgan fingerprint density at radius 1 is 1.00 bits per heavy atom. The minimum atomic E-state index is -0.0921. The van der Waals surface area contributed by atoms with E-state index in [1.54, 1.807) is 0 Å². The molecule has 1 fully saturated rings. The summed E-state index contributed by atoms with van der Waals surface area (Å²) in [7, 11) is 0. The highest BCUT2D eigenvalue weighted by molar-refractivity contribution is 6.07. The van der Waals surface area contributed by atoms with E-state index in [1.165, 1.54) is 17.2 Å². The van der Waals surface area contributed by atoms with Gasteiger partial charge in [0.05, 0.1) is 12.1 Å². The number of ether oxygens (including phenoxy) is 2. The Morgan fingerprint density at radius 3 is 2.80 bits per heavy atom. The maximum Gasteiger partial charge on any atom is 0.199 e. The zero-order valence-electron chi connectivity index (χ0n) is 11.3. The predicted octanol–water partition coefficient (Wildman–Crippen LogP) is 4.23. The van der Waals surface area contributed by atoms with E-state index >= 15 is 0 Å². The Morgan fingerprint density at radius 2 is 1.90 bits per heavy atom. The Balaban J connectivity index is 1.69. The summed E-state index contributed by atoms with van der Waals surface area (Å²) in [4.78, 5) is 3.43. The van der Waals surface area contributed by atoms with Crippen LogP contribution in [-0.2, 0) is 4.74 Å². The number of hydrogen-bond donors (Lipinski definition) is 1. The van der Waals surface area contributed by atoms with Crippen LogP contribution >= 0.6 is 0 Å². The van der Waals surface area contributed by atoms with Crippen LogP contribution in [0.4, 0.5) is 0 Å². The van der Waals surface area contributed by atoms with Gasteiger partial charge >= 0.3 is 0 Å². The van der Waals surface area contributed by atoms with Crippen LogP contribution in [0.3, 0.4) is 0 Å². The molecule has 4 rings (SSSR count). The number of para-hydroxylation sites is 1. The summed E-state index contributed by atoms with van der Waals surface area (Å²) in [6.45, 7) is 0.805. The molecule has 3 nitrogen and oxygen atoms in total. The van der Waals surface area contributed by atoms with Gasteiger partial charge in [0.25, 0.3) is 0 Å². The number of rotatable bonds is 2. The highest BCUT2D eigenvalue weighted by Gasteiger charge is 2.15. The van der Waals surface area contributed by atoms with Crippen LogP contribution in [0.5, 0.6) is 5.75 Å². The summed E-state index contributed by atoms with van der Waals surface area (Å²) in [6.07, 6.45) is 3.20. The highest BCUT2D eigenvalue weighted by Crippen LogP contribution is 2.29. The maximum atomic E-state index is 5.92.